The van der Waals surface area contributed by atoms with Crippen LogP contribution in [0.4, 0.5) is 0 Å². The Kier molecular flexibility index (Phi) is 6.69. The number of hydrogen-bond donors (Lipinski definition) is 3. The quantitative estimate of drug-likeness (QED) is 0.324. The van der Waals surface area contributed by atoms with Crippen LogP contribution in [0.3, 0.4) is 0 Å². The summed E-state index contributed by atoms with van der Waals surface area (Å²) in [5.41, 5.74) is 3.74. The molecule has 2 heterocycles. The lowest BCUT2D eigenvalue weighted by atomic mass is 9.94. The van der Waals surface area contributed by atoms with E-state index in [1.54, 1.807) is 0 Å². The van der Waals surface area contributed by atoms with Crippen molar-refractivity contribution in [2.24, 2.45) is 0 Å². The highest BCUT2D eigenvalue weighted by molar-refractivity contribution is 6.32. The zero-order valence-corrected chi connectivity index (χ0v) is 18.9. The largest absolute Gasteiger partial charge is 0.489 e. The number of aromatic carboxylic acids is 1. The normalized spacial score (nSPS) is 12.0. The number of carbonyl (C=O) groups is 1. The second kappa shape index (κ2) is 9.83. The molecule has 1 atom stereocenters. The Morgan fingerprint density at radius 2 is 2.00 bits per heavy atom. The van der Waals surface area contributed by atoms with Gasteiger partial charge in [0.2, 0.25) is 5.82 Å². The summed E-state index contributed by atoms with van der Waals surface area (Å²) in [6.45, 7) is 4.42. The van der Waals surface area contributed by atoms with Gasteiger partial charge in [0, 0.05) is 17.0 Å². The Morgan fingerprint density at radius 1 is 1.21 bits per heavy atom. The van der Waals surface area contributed by atoms with Gasteiger partial charge in [-0.25, -0.2) is 9.78 Å². The predicted octanol–water partition coefficient (Wildman–Crippen LogP) is 4.76. The Morgan fingerprint density at radius 3 is 2.64 bits per heavy atom. The third kappa shape index (κ3) is 5.04. The molecule has 10 heteroatoms. The number of benzene rings is 2. The Bertz CT molecular complexity index is 1240. The molecule has 0 radical (unpaired) electrons. The molecular weight excluding hydrogens is 444 g/mol. The summed E-state index contributed by atoms with van der Waals surface area (Å²) in [7, 11) is 0. The van der Waals surface area contributed by atoms with E-state index in [0.717, 1.165) is 35.1 Å². The van der Waals surface area contributed by atoms with Crippen molar-refractivity contribution < 1.29 is 14.6 Å². The number of carboxylic acid groups (broad SMARTS) is 1. The summed E-state index contributed by atoms with van der Waals surface area (Å²) in [4.78, 5) is 18.4. The van der Waals surface area contributed by atoms with Crippen molar-refractivity contribution in [1.29, 1.82) is 0 Å². The van der Waals surface area contributed by atoms with Gasteiger partial charge in [-0.3, -0.25) is 0 Å². The van der Waals surface area contributed by atoms with Crippen molar-refractivity contribution in [2.75, 3.05) is 0 Å². The molecule has 0 fully saturated rings. The minimum atomic E-state index is -1.15. The van der Waals surface area contributed by atoms with Crippen LogP contribution in [0.25, 0.3) is 11.4 Å². The minimum Gasteiger partial charge on any atom is -0.489 e. The number of ether oxygens (including phenoxy) is 1. The smallest absolute Gasteiger partial charge is 0.357 e. The maximum absolute atomic E-state index is 11.3. The van der Waals surface area contributed by atoms with Gasteiger partial charge in [-0.2, -0.15) is 5.21 Å². The molecule has 0 amide bonds. The fourth-order valence-electron chi connectivity index (χ4n) is 3.68. The fourth-order valence-corrected chi connectivity index (χ4v) is 3.90. The van der Waals surface area contributed by atoms with E-state index in [2.05, 4.69) is 37.5 Å². The van der Waals surface area contributed by atoms with E-state index in [9.17, 15) is 9.90 Å². The molecule has 33 heavy (non-hydrogen) atoms. The van der Waals surface area contributed by atoms with Gasteiger partial charge in [-0.15, -0.1) is 10.2 Å². The first-order valence-electron chi connectivity index (χ1n) is 10.5. The van der Waals surface area contributed by atoms with Gasteiger partial charge in [-0.1, -0.05) is 54.8 Å². The number of rotatable bonds is 9. The van der Waals surface area contributed by atoms with Crippen LogP contribution in [0.1, 0.15) is 58.7 Å². The van der Waals surface area contributed by atoms with Crippen LogP contribution in [-0.2, 0) is 6.61 Å². The minimum absolute atomic E-state index is 0.0362. The highest BCUT2D eigenvalue weighted by atomic mass is 35.5. The number of tetrazole rings is 1. The van der Waals surface area contributed by atoms with E-state index in [-0.39, 0.29) is 16.8 Å². The first-order valence-corrected chi connectivity index (χ1v) is 10.9. The number of aryl methyl sites for hydroxylation is 1. The number of hydrogen-bond acceptors (Lipinski definition) is 6. The van der Waals surface area contributed by atoms with E-state index in [1.165, 1.54) is 0 Å². The molecule has 0 bridgehead atoms. The van der Waals surface area contributed by atoms with Gasteiger partial charge in [0.05, 0.1) is 0 Å². The van der Waals surface area contributed by atoms with Crippen LogP contribution in [0.15, 0.2) is 42.5 Å². The van der Waals surface area contributed by atoms with Crippen LogP contribution in [-0.4, -0.2) is 41.7 Å². The maximum atomic E-state index is 11.3. The molecule has 4 rings (SSSR count). The van der Waals surface area contributed by atoms with Gasteiger partial charge >= 0.3 is 5.97 Å². The first kappa shape index (κ1) is 22.5. The van der Waals surface area contributed by atoms with Crippen LogP contribution in [0.2, 0.25) is 5.15 Å². The first-order chi connectivity index (χ1) is 16.0. The zero-order valence-electron chi connectivity index (χ0n) is 18.2. The molecule has 4 aromatic rings. The summed E-state index contributed by atoms with van der Waals surface area (Å²) >= 11 is 6.02. The summed E-state index contributed by atoms with van der Waals surface area (Å²) < 4.78 is 6.02. The highest BCUT2D eigenvalue weighted by Gasteiger charge is 2.22. The van der Waals surface area contributed by atoms with Crippen molar-refractivity contribution in [1.82, 2.24) is 30.6 Å². The zero-order chi connectivity index (χ0) is 23.4. The van der Waals surface area contributed by atoms with Crippen molar-refractivity contribution in [2.45, 2.75) is 39.2 Å². The second-order valence-corrected chi connectivity index (χ2v) is 8.06. The summed E-state index contributed by atoms with van der Waals surface area (Å²) in [5.74, 6) is 0.511. The molecular formula is C23H23ClN6O3. The van der Waals surface area contributed by atoms with Crippen molar-refractivity contribution >= 4 is 17.6 Å². The molecule has 2 aromatic heterocycles. The van der Waals surface area contributed by atoms with E-state index in [0.29, 0.717) is 24.0 Å². The number of imidazole rings is 1. The third-order valence-electron chi connectivity index (χ3n) is 5.32. The Hall–Kier alpha value is -3.72. The lowest BCUT2D eigenvalue weighted by Crippen LogP contribution is -2.05. The van der Waals surface area contributed by atoms with Crippen LogP contribution in [0.5, 0.6) is 5.75 Å². The van der Waals surface area contributed by atoms with Crippen LogP contribution in [0, 0.1) is 6.92 Å². The van der Waals surface area contributed by atoms with E-state index >= 15 is 0 Å². The number of nitrogens with zero attached hydrogens (tertiary/aromatic N) is 4. The molecule has 170 valence electrons. The van der Waals surface area contributed by atoms with Crippen LogP contribution < -0.4 is 4.74 Å². The third-order valence-corrected chi connectivity index (χ3v) is 5.59. The predicted molar refractivity (Wildman–Crippen MR) is 122 cm³/mol. The number of carboxylic acids is 1. The number of H-pyrrole nitrogens is 2. The number of nitrogens with one attached hydrogen (secondary N) is 2. The molecule has 1 unspecified atom stereocenters. The van der Waals surface area contributed by atoms with E-state index in [4.69, 9.17) is 16.3 Å². The van der Waals surface area contributed by atoms with Crippen molar-refractivity contribution in [3.63, 3.8) is 0 Å². The fraction of sp³-hybridized carbons (Fsp3) is 0.261. The summed E-state index contributed by atoms with van der Waals surface area (Å²) in [6, 6.07) is 13.7. The van der Waals surface area contributed by atoms with Gasteiger partial charge in [-0.05, 0) is 42.3 Å². The molecule has 0 saturated heterocycles. The van der Waals surface area contributed by atoms with E-state index in [1.807, 2.05) is 49.4 Å². The van der Waals surface area contributed by atoms with E-state index < -0.39 is 5.97 Å². The van der Waals surface area contributed by atoms with Crippen molar-refractivity contribution in [3.05, 3.63) is 75.8 Å². The van der Waals surface area contributed by atoms with Crippen LogP contribution >= 0.6 is 11.6 Å². The maximum Gasteiger partial charge on any atom is 0.357 e. The molecule has 0 saturated carbocycles. The Balaban J connectivity index is 1.51. The average Bonchev–Trinajstić information content (AvgIpc) is 3.47. The molecule has 3 N–H and O–H groups in total. The Labute approximate surface area is 195 Å². The molecule has 0 aliphatic carbocycles. The molecule has 9 nitrogen and oxygen atoms in total. The van der Waals surface area contributed by atoms with Gasteiger partial charge in [0.25, 0.3) is 0 Å². The topological polar surface area (TPSA) is 130 Å². The molecule has 2 aromatic carbocycles. The number of aromatic nitrogens is 6. The molecule has 0 aliphatic heterocycles. The average molecular weight is 467 g/mol. The summed E-state index contributed by atoms with van der Waals surface area (Å²) in [6.07, 6.45) is 1.69. The monoisotopic (exact) mass is 466 g/mol. The SMILES string of the molecule is CCCC(c1ccc(OCc2ccc(C)cc2-c2nn[nH]n2)cc1)c1nc(C(=O)O)c(Cl)[nH]1. The second-order valence-electron chi connectivity index (χ2n) is 7.68. The molecule has 0 spiro atoms. The number of halogens is 1. The lowest BCUT2D eigenvalue weighted by Gasteiger charge is -2.15. The standard InChI is InChI=1S/C23H23ClN6O3/c1-3-4-17(21-25-19(23(31)32)20(24)26-21)14-7-9-16(10-8-14)33-12-15-6-5-13(2)11-18(15)22-27-29-30-28-22/h5-11,17H,3-4,12H2,1-2H3,(H,25,26)(H,31,32)(H,27,28,29,30). The number of aromatic amines is 2. The van der Waals surface area contributed by atoms with Gasteiger partial charge < -0.3 is 14.8 Å². The van der Waals surface area contributed by atoms with Gasteiger partial charge in [0.1, 0.15) is 23.3 Å². The summed E-state index contributed by atoms with van der Waals surface area (Å²) in [5, 5.41) is 23.6. The van der Waals surface area contributed by atoms with Crippen molar-refractivity contribution in [3.8, 4) is 17.1 Å². The lowest BCUT2D eigenvalue weighted by molar-refractivity contribution is 0.0691. The molecule has 0 aliphatic rings. The van der Waals surface area contributed by atoms with Gasteiger partial charge in [0.15, 0.2) is 5.69 Å². The highest BCUT2D eigenvalue weighted by Crippen LogP contribution is 2.31.